The molecule has 0 spiro atoms. The third-order valence-corrected chi connectivity index (χ3v) is 6.11. The van der Waals surface area contributed by atoms with E-state index in [4.69, 9.17) is 11.6 Å². The molecule has 0 fully saturated rings. The molecule has 4 nitrogen and oxygen atoms in total. The Morgan fingerprint density at radius 2 is 1.81 bits per heavy atom. The first kappa shape index (κ1) is 25.2. The molecule has 2 rings (SSSR count). The fraction of sp³-hybridized carbons (Fsp3) is 0.417. The van der Waals surface area contributed by atoms with Gasteiger partial charge in [-0.1, -0.05) is 62.7 Å². The van der Waals surface area contributed by atoms with Crippen LogP contribution in [-0.2, 0) is 21.9 Å². The number of thioether (sulfide) groups is 1. The first-order valence-corrected chi connectivity index (χ1v) is 12.0. The number of carbonyl (C=O) groups is 2. The maximum atomic E-state index is 13.3. The molecule has 1 N–H and O–H groups in total. The molecule has 0 radical (unpaired) electrons. The Hall–Kier alpha value is -2.05. The minimum atomic E-state index is -0.586. The summed E-state index contributed by atoms with van der Waals surface area (Å²) in [6.07, 6.45) is 0.492. The van der Waals surface area contributed by atoms with Gasteiger partial charge in [-0.3, -0.25) is 9.59 Å². The molecule has 0 aliphatic carbocycles. The Labute approximate surface area is 193 Å². The van der Waals surface area contributed by atoms with E-state index in [1.807, 2.05) is 45.0 Å². The van der Waals surface area contributed by atoms with Gasteiger partial charge in [0.2, 0.25) is 11.8 Å². The van der Waals surface area contributed by atoms with Crippen molar-refractivity contribution in [3.05, 3.63) is 70.5 Å². The summed E-state index contributed by atoms with van der Waals surface area (Å²) in [7, 11) is 0. The number of rotatable bonds is 11. The summed E-state index contributed by atoms with van der Waals surface area (Å²) in [5.74, 6) is 0.509. The van der Waals surface area contributed by atoms with Crippen LogP contribution in [0.3, 0.4) is 0 Å². The molecule has 31 heavy (non-hydrogen) atoms. The van der Waals surface area contributed by atoms with E-state index in [9.17, 15) is 14.0 Å². The molecular weight excluding hydrogens is 435 g/mol. The molecule has 0 bridgehead atoms. The number of carbonyl (C=O) groups excluding carboxylic acids is 2. The lowest BCUT2D eigenvalue weighted by Gasteiger charge is -2.31. The van der Waals surface area contributed by atoms with Crippen LogP contribution in [0.25, 0.3) is 0 Å². The van der Waals surface area contributed by atoms with E-state index in [1.165, 1.54) is 23.9 Å². The smallest absolute Gasteiger partial charge is 0.242 e. The highest BCUT2D eigenvalue weighted by Crippen LogP contribution is 2.22. The second-order valence-corrected chi connectivity index (χ2v) is 9.19. The molecule has 2 aromatic rings. The average molecular weight is 465 g/mol. The van der Waals surface area contributed by atoms with Crippen molar-refractivity contribution in [2.75, 3.05) is 12.3 Å². The molecule has 1 atom stereocenters. The number of nitrogens with one attached hydrogen (secondary N) is 1. The van der Waals surface area contributed by atoms with Crippen molar-refractivity contribution >= 4 is 35.2 Å². The van der Waals surface area contributed by atoms with E-state index in [0.29, 0.717) is 29.7 Å². The fourth-order valence-corrected chi connectivity index (χ4v) is 4.27. The molecular formula is C24H30ClFN2O2S. The van der Waals surface area contributed by atoms with Crippen molar-refractivity contribution in [2.24, 2.45) is 5.92 Å². The fourth-order valence-electron chi connectivity index (χ4n) is 3.08. The summed E-state index contributed by atoms with van der Waals surface area (Å²) in [6, 6.07) is 13.0. The van der Waals surface area contributed by atoms with Crippen LogP contribution in [-0.4, -0.2) is 35.1 Å². The number of nitrogens with zero attached hydrogens (tertiary/aromatic N) is 1. The van der Waals surface area contributed by atoms with Gasteiger partial charge in [0.15, 0.2) is 0 Å². The number of hydrogen-bond acceptors (Lipinski definition) is 3. The third-order valence-electron chi connectivity index (χ3n) is 4.78. The van der Waals surface area contributed by atoms with E-state index < -0.39 is 6.04 Å². The van der Waals surface area contributed by atoms with Crippen molar-refractivity contribution in [1.29, 1.82) is 0 Å². The van der Waals surface area contributed by atoms with Gasteiger partial charge < -0.3 is 10.2 Å². The average Bonchev–Trinajstić information content (AvgIpc) is 2.74. The second-order valence-electron chi connectivity index (χ2n) is 7.80. The molecule has 0 unspecified atom stereocenters. The molecule has 0 aromatic heterocycles. The Morgan fingerprint density at radius 3 is 2.42 bits per heavy atom. The van der Waals surface area contributed by atoms with E-state index in [-0.39, 0.29) is 29.9 Å². The van der Waals surface area contributed by atoms with Crippen LogP contribution in [0.4, 0.5) is 4.39 Å². The maximum Gasteiger partial charge on any atom is 0.242 e. The highest BCUT2D eigenvalue weighted by Gasteiger charge is 2.28. The van der Waals surface area contributed by atoms with Gasteiger partial charge in [0.1, 0.15) is 11.9 Å². The number of benzene rings is 2. The standard InChI is InChI=1S/C24H30ClFN2O2S/c1-4-22(24(30)27-13-17(2)3)28(14-18-9-11-20(26)12-10-18)23(29)16-31-15-19-7-5-6-8-21(19)25/h5-12,17,22H,4,13-16H2,1-3H3,(H,27,30)/t22-/m1/s1. The van der Waals surface area contributed by atoms with Crippen LogP contribution in [0.2, 0.25) is 5.02 Å². The van der Waals surface area contributed by atoms with Gasteiger partial charge in [-0.15, -0.1) is 11.8 Å². The van der Waals surface area contributed by atoms with Crippen molar-refractivity contribution in [3.8, 4) is 0 Å². The van der Waals surface area contributed by atoms with Gasteiger partial charge in [0.25, 0.3) is 0 Å². The predicted molar refractivity (Wildman–Crippen MR) is 126 cm³/mol. The monoisotopic (exact) mass is 464 g/mol. The predicted octanol–water partition coefficient (Wildman–Crippen LogP) is 5.29. The van der Waals surface area contributed by atoms with Crippen LogP contribution in [0.1, 0.15) is 38.3 Å². The zero-order valence-corrected chi connectivity index (χ0v) is 19.8. The Bertz CT molecular complexity index is 861. The number of hydrogen-bond donors (Lipinski definition) is 1. The highest BCUT2D eigenvalue weighted by molar-refractivity contribution is 7.99. The van der Waals surface area contributed by atoms with E-state index in [0.717, 1.165) is 11.1 Å². The lowest BCUT2D eigenvalue weighted by molar-refractivity contribution is -0.139. The molecule has 7 heteroatoms. The second kappa shape index (κ2) is 12.7. The summed E-state index contributed by atoms with van der Waals surface area (Å²) >= 11 is 7.67. The normalized spacial score (nSPS) is 11.9. The topological polar surface area (TPSA) is 49.4 Å². The molecule has 168 valence electrons. The summed E-state index contributed by atoms with van der Waals surface area (Å²) in [5, 5.41) is 3.61. The van der Waals surface area contributed by atoms with Crippen molar-refractivity contribution in [3.63, 3.8) is 0 Å². The van der Waals surface area contributed by atoms with Crippen molar-refractivity contribution < 1.29 is 14.0 Å². The van der Waals surface area contributed by atoms with Gasteiger partial charge in [-0.05, 0) is 41.7 Å². The zero-order valence-electron chi connectivity index (χ0n) is 18.2. The van der Waals surface area contributed by atoms with E-state index in [1.54, 1.807) is 17.0 Å². The first-order chi connectivity index (χ1) is 14.8. The van der Waals surface area contributed by atoms with Gasteiger partial charge in [-0.2, -0.15) is 0 Å². The SMILES string of the molecule is CC[C@H](C(=O)NCC(C)C)N(Cc1ccc(F)cc1)C(=O)CSCc1ccccc1Cl. The van der Waals surface area contributed by atoms with Crippen LogP contribution in [0, 0.1) is 11.7 Å². The molecule has 0 aliphatic rings. The molecule has 0 heterocycles. The van der Waals surface area contributed by atoms with Crippen molar-refractivity contribution in [2.45, 2.75) is 45.5 Å². The first-order valence-electron chi connectivity index (χ1n) is 10.4. The molecule has 0 saturated carbocycles. The van der Waals surface area contributed by atoms with Gasteiger partial charge in [-0.25, -0.2) is 4.39 Å². The molecule has 2 amide bonds. The largest absolute Gasteiger partial charge is 0.354 e. The summed E-state index contributed by atoms with van der Waals surface area (Å²) in [4.78, 5) is 27.6. The van der Waals surface area contributed by atoms with E-state index >= 15 is 0 Å². The quantitative estimate of drug-likeness (QED) is 0.491. The minimum Gasteiger partial charge on any atom is -0.354 e. The summed E-state index contributed by atoms with van der Waals surface area (Å²) in [5.41, 5.74) is 1.75. The lowest BCUT2D eigenvalue weighted by Crippen LogP contribution is -2.50. The minimum absolute atomic E-state index is 0.132. The van der Waals surface area contributed by atoms with Gasteiger partial charge in [0.05, 0.1) is 5.75 Å². The van der Waals surface area contributed by atoms with Crippen LogP contribution >= 0.6 is 23.4 Å². The van der Waals surface area contributed by atoms with Gasteiger partial charge >= 0.3 is 0 Å². The Balaban J connectivity index is 2.12. The molecule has 2 aromatic carbocycles. The van der Waals surface area contributed by atoms with E-state index in [2.05, 4.69) is 5.32 Å². The molecule has 0 aliphatic heterocycles. The Morgan fingerprint density at radius 1 is 1.13 bits per heavy atom. The highest BCUT2D eigenvalue weighted by atomic mass is 35.5. The van der Waals surface area contributed by atoms with Crippen LogP contribution < -0.4 is 5.32 Å². The lowest BCUT2D eigenvalue weighted by atomic mass is 10.1. The van der Waals surface area contributed by atoms with Gasteiger partial charge in [0, 0.05) is 23.9 Å². The van der Waals surface area contributed by atoms with Crippen LogP contribution in [0.5, 0.6) is 0 Å². The number of halogens is 2. The summed E-state index contributed by atoms with van der Waals surface area (Å²) < 4.78 is 13.3. The zero-order chi connectivity index (χ0) is 22.8. The Kier molecular flexibility index (Phi) is 10.3. The van der Waals surface area contributed by atoms with Crippen LogP contribution in [0.15, 0.2) is 48.5 Å². The summed E-state index contributed by atoms with van der Waals surface area (Å²) in [6.45, 7) is 6.73. The van der Waals surface area contributed by atoms with Crippen molar-refractivity contribution in [1.82, 2.24) is 10.2 Å². The number of amides is 2. The maximum absolute atomic E-state index is 13.3. The third kappa shape index (κ3) is 8.19. The molecule has 0 saturated heterocycles.